The summed E-state index contributed by atoms with van der Waals surface area (Å²) in [7, 11) is 0. The van der Waals surface area contributed by atoms with Gasteiger partial charge in [-0.3, -0.25) is 14.8 Å². The number of pyridine rings is 2. The number of nitrogens with zero attached hydrogens (tertiary/aromatic N) is 4. The highest BCUT2D eigenvalue weighted by atomic mass is 19.1. The smallest absolute Gasteiger partial charge is 0.226 e. The SMILES string of the molecule is O=C(Cc1cc2cnn(-c3ccncc3)c2cn1)NCc1ccc(F)cc1. The number of carbonyl (C=O) groups is 1. The highest BCUT2D eigenvalue weighted by molar-refractivity contribution is 5.82. The lowest BCUT2D eigenvalue weighted by Crippen LogP contribution is -2.24. The molecule has 6 nitrogen and oxygen atoms in total. The van der Waals surface area contributed by atoms with Crippen molar-refractivity contribution < 1.29 is 9.18 Å². The summed E-state index contributed by atoms with van der Waals surface area (Å²) in [6, 6.07) is 11.6. The molecular weight excluding hydrogens is 345 g/mol. The van der Waals surface area contributed by atoms with E-state index in [2.05, 4.69) is 20.4 Å². The number of amides is 1. The molecule has 0 aliphatic heterocycles. The lowest BCUT2D eigenvalue weighted by atomic mass is 10.2. The Morgan fingerprint density at radius 1 is 1.07 bits per heavy atom. The molecule has 0 saturated heterocycles. The second-order valence-corrected chi connectivity index (χ2v) is 6.08. The molecule has 0 spiro atoms. The van der Waals surface area contributed by atoms with Gasteiger partial charge in [0.2, 0.25) is 5.91 Å². The highest BCUT2D eigenvalue weighted by Gasteiger charge is 2.09. The van der Waals surface area contributed by atoms with Gasteiger partial charge in [-0.1, -0.05) is 12.1 Å². The minimum Gasteiger partial charge on any atom is -0.352 e. The first kappa shape index (κ1) is 16.8. The van der Waals surface area contributed by atoms with Crippen LogP contribution in [0.25, 0.3) is 16.6 Å². The first-order valence-electron chi connectivity index (χ1n) is 8.43. The quantitative estimate of drug-likeness (QED) is 0.593. The van der Waals surface area contributed by atoms with Crippen LogP contribution in [0, 0.1) is 5.82 Å². The number of hydrogen-bond acceptors (Lipinski definition) is 4. The van der Waals surface area contributed by atoms with Crippen molar-refractivity contribution in [2.24, 2.45) is 0 Å². The number of carbonyl (C=O) groups excluding carboxylic acids is 1. The van der Waals surface area contributed by atoms with E-state index in [-0.39, 0.29) is 18.1 Å². The van der Waals surface area contributed by atoms with Crippen molar-refractivity contribution in [2.75, 3.05) is 0 Å². The van der Waals surface area contributed by atoms with Crippen molar-refractivity contribution in [3.05, 3.63) is 84.3 Å². The zero-order valence-electron chi connectivity index (χ0n) is 14.3. The molecule has 27 heavy (non-hydrogen) atoms. The zero-order valence-corrected chi connectivity index (χ0v) is 14.3. The predicted molar refractivity (Wildman–Crippen MR) is 98.6 cm³/mol. The summed E-state index contributed by atoms with van der Waals surface area (Å²) >= 11 is 0. The molecule has 0 aliphatic carbocycles. The van der Waals surface area contributed by atoms with Gasteiger partial charge in [0.1, 0.15) is 5.82 Å². The fourth-order valence-corrected chi connectivity index (χ4v) is 2.79. The number of aromatic nitrogens is 4. The molecule has 3 aromatic heterocycles. The van der Waals surface area contributed by atoms with E-state index in [0.717, 1.165) is 22.2 Å². The van der Waals surface area contributed by atoms with Gasteiger partial charge in [0.15, 0.2) is 0 Å². The normalized spacial score (nSPS) is 10.9. The lowest BCUT2D eigenvalue weighted by Gasteiger charge is -2.06. The molecule has 0 fully saturated rings. The number of hydrogen-bond donors (Lipinski definition) is 1. The molecule has 134 valence electrons. The third-order valence-electron chi connectivity index (χ3n) is 4.16. The molecule has 0 saturated carbocycles. The molecule has 0 atom stereocenters. The number of benzene rings is 1. The maximum absolute atomic E-state index is 12.9. The highest BCUT2D eigenvalue weighted by Crippen LogP contribution is 2.18. The third-order valence-corrected chi connectivity index (χ3v) is 4.16. The summed E-state index contributed by atoms with van der Waals surface area (Å²) < 4.78 is 14.7. The van der Waals surface area contributed by atoms with E-state index in [4.69, 9.17) is 0 Å². The fraction of sp³-hybridized carbons (Fsp3) is 0.100. The van der Waals surface area contributed by atoms with Crippen LogP contribution in [0.2, 0.25) is 0 Å². The summed E-state index contributed by atoms with van der Waals surface area (Å²) in [4.78, 5) is 20.6. The van der Waals surface area contributed by atoms with E-state index in [9.17, 15) is 9.18 Å². The Morgan fingerprint density at radius 2 is 1.85 bits per heavy atom. The second-order valence-electron chi connectivity index (χ2n) is 6.08. The van der Waals surface area contributed by atoms with E-state index in [1.165, 1.54) is 12.1 Å². The van der Waals surface area contributed by atoms with Crippen molar-refractivity contribution in [1.82, 2.24) is 25.1 Å². The molecule has 0 unspecified atom stereocenters. The lowest BCUT2D eigenvalue weighted by molar-refractivity contribution is -0.120. The molecule has 0 aliphatic rings. The van der Waals surface area contributed by atoms with E-state index >= 15 is 0 Å². The molecule has 4 rings (SSSR count). The van der Waals surface area contributed by atoms with Crippen molar-refractivity contribution in [3.63, 3.8) is 0 Å². The summed E-state index contributed by atoms with van der Waals surface area (Å²) in [6.45, 7) is 0.349. The van der Waals surface area contributed by atoms with Gasteiger partial charge in [-0.2, -0.15) is 5.10 Å². The van der Waals surface area contributed by atoms with Crippen molar-refractivity contribution in [2.45, 2.75) is 13.0 Å². The number of fused-ring (bicyclic) bond motifs is 1. The molecule has 4 aromatic rings. The van der Waals surface area contributed by atoms with E-state index in [0.29, 0.717) is 12.2 Å². The Kier molecular flexibility index (Phi) is 4.57. The van der Waals surface area contributed by atoms with Crippen LogP contribution >= 0.6 is 0 Å². The minimum absolute atomic E-state index is 0.146. The maximum Gasteiger partial charge on any atom is 0.226 e. The number of rotatable bonds is 5. The van der Waals surface area contributed by atoms with Gasteiger partial charge >= 0.3 is 0 Å². The molecule has 1 amide bonds. The Morgan fingerprint density at radius 3 is 2.63 bits per heavy atom. The van der Waals surface area contributed by atoms with Gasteiger partial charge in [-0.15, -0.1) is 0 Å². The second kappa shape index (κ2) is 7.33. The molecular formula is C20H16FN5O. The first-order chi connectivity index (χ1) is 13.2. The average molecular weight is 361 g/mol. The molecule has 1 aromatic carbocycles. The van der Waals surface area contributed by atoms with Gasteiger partial charge in [-0.25, -0.2) is 9.07 Å². The molecule has 3 heterocycles. The predicted octanol–water partition coefficient (Wildman–Crippen LogP) is 2.81. The van der Waals surface area contributed by atoms with Crippen LogP contribution in [0.15, 0.2) is 67.3 Å². The standard InChI is InChI=1S/C20H16FN5O/c21-16-3-1-14(2-4-16)11-24-20(27)10-17-9-15-12-25-26(19(15)13-23-17)18-5-7-22-8-6-18/h1-9,12-13H,10-11H2,(H,24,27). The van der Waals surface area contributed by atoms with Crippen LogP contribution in [0.1, 0.15) is 11.3 Å². The van der Waals surface area contributed by atoms with Crippen molar-refractivity contribution >= 4 is 16.8 Å². The number of halogens is 1. The van der Waals surface area contributed by atoms with Gasteiger partial charge < -0.3 is 5.32 Å². The maximum atomic E-state index is 12.9. The van der Waals surface area contributed by atoms with E-state index in [1.807, 2.05) is 18.2 Å². The number of nitrogens with one attached hydrogen (secondary N) is 1. The molecule has 1 N–H and O–H groups in total. The molecule has 0 bridgehead atoms. The topological polar surface area (TPSA) is 72.7 Å². The Balaban J connectivity index is 1.45. The first-order valence-corrected chi connectivity index (χ1v) is 8.43. The van der Waals surface area contributed by atoms with Gasteiger partial charge in [0.25, 0.3) is 0 Å². The summed E-state index contributed by atoms with van der Waals surface area (Å²) in [5.74, 6) is -0.442. The van der Waals surface area contributed by atoms with Crippen LogP contribution in [0.5, 0.6) is 0 Å². The monoisotopic (exact) mass is 361 g/mol. The van der Waals surface area contributed by atoms with Crippen molar-refractivity contribution in [3.8, 4) is 5.69 Å². The minimum atomic E-state index is -0.296. The van der Waals surface area contributed by atoms with Gasteiger partial charge in [-0.05, 0) is 35.9 Å². The largest absolute Gasteiger partial charge is 0.352 e. The fourth-order valence-electron chi connectivity index (χ4n) is 2.79. The summed E-state index contributed by atoms with van der Waals surface area (Å²) in [6.07, 6.45) is 7.03. The molecule has 0 radical (unpaired) electrons. The Hall–Kier alpha value is -3.61. The van der Waals surface area contributed by atoms with Crippen LogP contribution < -0.4 is 5.32 Å². The van der Waals surface area contributed by atoms with Gasteiger partial charge in [0.05, 0.1) is 35.7 Å². The zero-order chi connectivity index (χ0) is 18.6. The van der Waals surface area contributed by atoms with Crippen LogP contribution in [-0.4, -0.2) is 25.7 Å². The Labute approximate surface area is 154 Å². The van der Waals surface area contributed by atoms with Gasteiger partial charge in [0, 0.05) is 24.3 Å². The summed E-state index contributed by atoms with van der Waals surface area (Å²) in [5, 5.41) is 8.11. The van der Waals surface area contributed by atoms with Crippen LogP contribution in [-0.2, 0) is 17.8 Å². The third kappa shape index (κ3) is 3.82. The Bertz CT molecular complexity index is 1080. The van der Waals surface area contributed by atoms with Crippen LogP contribution in [0.3, 0.4) is 0 Å². The summed E-state index contributed by atoms with van der Waals surface area (Å²) in [5.41, 5.74) is 3.25. The van der Waals surface area contributed by atoms with Crippen molar-refractivity contribution in [1.29, 1.82) is 0 Å². The van der Waals surface area contributed by atoms with Crippen LogP contribution in [0.4, 0.5) is 4.39 Å². The molecule has 7 heteroatoms. The average Bonchev–Trinajstić information content (AvgIpc) is 3.11. The van der Waals surface area contributed by atoms with E-state index in [1.54, 1.807) is 41.6 Å². The van der Waals surface area contributed by atoms with E-state index < -0.39 is 0 Å².